The number of hydrogen-bond donors (Lipinski definition) is 1. The predicted molar refractivity (Wildman–Crippen MR) is 81.3 cm³/mol. The van der Waals surface area contributed by atoms with Crippen LogP contribution in [0.2, 0.25) is 0 Å². The molecule has 0 aliphatic heterocycles. The topological polar surface area (TPSA) is 59.1 Å². The third kappa shape index (κ3) is 4.35. The lowest BCUT2D eigenvalue weighted by Crippen LogP contribution is -2.08. The molecule has 0 aliphatic rings. The third-order valence-corrected chi connectivity index (χ3v) is 3.72. The van der Waals surface area contributed by atoms with Crippen molar-refractivity contribution in [3.8, 4) is 0 Å². The van der Waals surface area contributed by atoms with E-state index in [4.69, 9.17) is 0 Å². The second-order valence-corrected chi connectivity index (χ2v) is 7.00. The highest BCUT2D eigenvalue weighted by atomic mass is 32.2. The fourth-order valence-corrected chi connectivity index (χ4v) is 2.83. The van der Waals surface area contributed by atoms with E-state index in [1.165, 1.54) is 6.26 Å². The minimum atomic E-state index is -3.03. The zero-order valence-electron chi connectivity index (χ0n) is 11.6. The number of rotatable bonds is 5. The van der Waals surface area contributed by atoms with Gasteiger partial charge in [0.1, 0.15) is 5.82 Å². The van der Waals surface area contributed by atoms with Gasteiger partial charge in [0.2, 0.25) is 0 Å². The number of nitrogens with one attached hydrogen (secondary N) is 1. The molecule has 0 bridgehead atoms. The molecule has 1 aromatic heterocycles. The van der Waals surface area contributed by atoms with Gasteiger partial charge in [0.25, 0.3) is 0 Å². The van der Waals surface area contributed by atoms with Crippen molar-refractivity contribution in [1.29, 1.82) is 0 Å². The number of anilines is 1. The van der Waals surface area contributed by atoms with Crippen LogP contribution in [0.15, 0.2) is 42.5 Å². The van der Waals surface area contributed by atoms with E-state index in [-0.39, 0.29) is 5.75 Å². The molecule has 2 rings (SSSR count). The van der Waals surface area contributed by atoms with Gasteiger partial charge in [-0.15, -0.1) is 0 Å². The van der Waals surface area contributed by atoms with Gasteiger partial charge in [-0.1, -0.05) is 30.3 Å². The molecule has 20 heavy (non-hydrogen) atoms. The molecular formula is C15H18N2O2S. The minimum absolute atomic E-state index is 0.0616. The van der Waals surface area contributed by atoms with E-state index in [1.807, 2.05) is 49.4 Å². The van der Waals surface area contributed by atoms with Crippen molar-refractivity contribution in [2.75, 3.05) is 11.6 Å². The molecule has 0 radical (unpaired) electrons. The van der Waals surface area contributed by atoms with Crippen LogP contribution in [0.4, 0.5) is 5.82 Å². The van der Waals surface area contributed by atoms with Crippen molar-refractivity contribution >= 4 is 15.7 Å². The van der Waals surface area contributed by atoms with Gasteiger partial charge in [0.15, 0.2) is 9.84 Å². The van der Waals surface area contributed by atoms with Gasteiger partial charge in [-0.2, -0.15) is 0 Å². The predicted octanol–water partition coefficient (Wildman–Crippen LogP) is 2.55. The van der Waals surface area contributed by atoms with Crippen molar-refractivity contribution in [1.82, 2.24) is 4.98 Å². The molecule has 2 aromatic rings. The number of pyridine rings is 1. The second-order valence-electron chi connectivity index (χ2n) is 4.86. The summed E-state index contributed by atoms with van der Waals surface area (Å²) in [6.45, 7) is 2.49. The van der Waals surface area contributed by atoms with Crippen LogP contribution in [-0.4, -0.2) is 19.7 Å². The highest BCUT2D eigenvalue weighted by Crippen LogP contribution is 2.14. The van der Waals surface area contributed by atoms with Gasteiger partial charge in [-0.25, -0.2) is 13.4 Å². The molecule has 0 spiro atoms. The third-order valence-electron chi connectivity index (χ3n) is 2.88. The van der Waals surface area contributed by atoms with E-state index in [1.54, 1.807) is 0 Å². The van der Waals surface area contributed by atoms with Crippen molar-refractivity contribution in [2.24, 2.45) is 0 Å². The molecule has 0 unspecified atom stereocenters. The van der Waals surface area contributed by atoms with E-state index in [0.29, 0.717) is 6.54 Å². The molecule has 0 saturated carbocycles. The summed E-state index contributed by atoms with van der Waals surface area (Å²) in [7, 11) is -3.03. The monoisotopic (exact) mass is 290 g/mol. The van der Waals surface area contributed by atoms with E-state index in [0.717, 1.165) is 22.6 Å². The standard InChI is InChI=1S/C15H18N2O2S/c1-12-6-5-9-15(17-12)16-10-13-7-3-4-8-14(13)11-20(2,18)19/h3-9H,10-11H2,1-2H3,(H,16,17). The van der Waals surface area contributed by atoms with Crippen molar-refractivity contribution in [3.63, 3.8) is 0 Å². The maximum Gasteiger partial charge on any atom is 0.151 e. The fourth-order valence-electron chi connectivity index (χ4n) is 1.98. The molecule has 1 heterocycles. The van der Waals surface area contributed by atoms with Crippen LogP contribution in [0, 0.1) is 6.92 Å². The quantitative estimate of drug-likeness (QED) is 0.919. The summed E-state index contributed by atoms with van der Waals surface area (Å²) in [5.74, 6) is 0.852. The summed E-state index contributed by atoms with van der Waals surface area (Å²) in [6, 6.07) is 13.3. The molecule has 5 heteroatoms. The van der Waals surface area contributed by atoms with Gasteiger partial charge in [-0.3, -0.25) is 0 Å². The average molecular weight is 290 g/mol. The van der Waals surface area contributed by atoms with E-state index < -0.39 is 9.84 Å². The first-order valence-electron chi connectivity index (χ1n) is 6.36. The largest absolute Gasteiger partial charge is 0.366 e. The highest BCUT2D eigenvalue weighted by Gasteiger charge is 2.08. The minimum Gasteiger partial charge on any atom is -0.366 e. The van der Waals surface area contributed by atoms with Gasteiger partial charge in [0, 0.05) is 18.5 Å². The van der Waals surface area contributed by atoms with Crippen LogP contribution in [-0.2, 0) is 22.1 Å². The Balaban J connectivity index is 2.13. The molecule has 0 aliphatic carbocycles. The number of hydrogen-bond acceptors (Lipinski definition) is 4. The fraction of sp³-hybridized carbons (Fsp3) is 0.267. The van der Waals surface area contributed by atoms with Crippen LogP contribution in [0.1, 0.15) is 16.8 Å². The molecule has 0 atom stereocenters. The SMILES string of the molecule is Cc1cccc(NCc2ccccc2CS(C)(=O)=O)n1. The zero-order valence-corrected chi connectivity index (χ0v) is 12.4. The van der Waals surface area contributed by atoms with E-state index in [2.05, 4.69) is 10.3 Å². The van der Waals surface area contributed by atoms with E-state index >= 15 is 0 Å². The summed E-state index contributed by atoms with van der Waals surface area (Å²) in [5, 5.41) is 3.22. The number of sulfone groups is 1. The summed E-state index contributed by atoms with van der Waals surface area (Å²) in [4.78, 5) is 4.36. The Labute approximate surface area is 119 Å². The Hall–Kier alpha value is -1.88. The Kier molecular flexibility index (Phi) is 4.39. The van der Waals surface area contributed by atoms with Crippen molar-refractivity contribution in [2.45, 2.75) is 19.2 Å². The molecule has 0 fully saturated rings. The number of benzene rings is 1. The van der Waals surface area contributed by atoms with Gasteiger partial charge in [0.05, 0.1) is 5.75 Å². The van der Waals surface area contributed by atoms with Gasteiger partial charge >= 0.3 is 0 Å². The van der Waals surface area contributed by atoms with Gasteiger partial charge in [-0.05, 0) is 30.2 Å². The summed E-state index contributed by atoms with van der Waals surface area (Å²) in [6.07, 6.45) is 1.25. The summed E-state index contributed by atoms with van der Waals surface area (Å²) >= 11 is 0. The van der Waals surface area contributed by atoms with E-state index in [9.17, 15) is 8.42 Å². The Morgan fingerprint density at radius 2 is 1.75 bits per heavy atom. The second kappa shape index (κ2) is 6.05. The first kappa shape index (κ1) is 14.5. The van der Waals surface area contributed by atoms with Crippen LogP contribution in [0.3, 0.4) is 0 Å². The first-order valence-corrected chi connectivity index (χ1v) is 8.42. The lowest BCUT2D eigenvalue weighted by Gasteiger charge is -2.10. The maximum absolute atomic E-state index is 11.4. The zero-order chi connectivity index (χ0) is 14.6. The van der Waals surface area contributed by atoms with Crippen molar-refractivity contribution < 1.29 is 8.42 Å². The molecular weight excluding hydrogens is 272 g/mol. The van der Waals surface area contributed by atoms with Crippen LogP contribution in [0.5, 0.6) is 0 Å². The molecule has 0 saturated heterocycles. The van der Waals surface area contributed by atoms with Crippen LogP contribution < -0.4 is 5.32 Å². The Morgan fingerprint density at radius 1 is 1.05 bits per heavy atom. The Morgan fingerprint density at radius 3 is 2.40 bits per heavy atom. The molecule has 1 N–H and O–H groups in total. The first-order chi connectivity index (χ1) is 9.44. The highest BCUT2D eigenvalue weighted by molar-refractivity contribution is 7.89. The molecule has 0 amide bonds. The summed E-state index contributed by atoms with van der Waals surface area (Å²) < 4.78 is 22.9. The number of nitrogens with zero attached hydrogens (tertiary/aromatic N) is 1. The number of aryl methyl sites for hydroxylation is 1. The van der Waals surface area contributed by atoms with Crippen LogP contribution >= 0.6 is 0 Å². The number of aromatic nitrogens is 1. The van der Waals surface area contributed by atoms with Gasteiger partial charge < -0.3 is 5.32 Å². The normalized spacial score (nSPS) is 11.3. The molecule has 1 aromatic carbocycles. The smallest absolute Gasteiger partial charge is 0.151 e. The summed E-state index contributed by atoms with van der Waals surface area (Å²) in [5.41, 5.74) is 2.75. The molecule has 4 nitrogen and oxygen atoms in total. The average Bonchev–Trinajstić information content (AvgIpc) is 2.36. The lowest BCUT2D eigenvalue weighted by molar-refractivity contribution is 0.601. The molecule has 106 valence electrons. The van der Waals surface area contributed by atoms with Crippen LogP contribution in [0.25, 0.3) is 0 Å². The lowest BCUT2D eigenvalue weighted by atomic mass is 10.1. The van der Waals surface area contributed by atoms with Crippen molar-refractivity contribution in [3.05, 3.63) is 59.3 Å². The Bertz CT molecular complexity index is 697. The maximum atomic E-state index is 11.4.